The summed E-state index contributed by atoms with van der Waals surface area (Å²) in [6, 6.07) is 14.7. The Morgan fingerprint density at radius 2 is 1.82 bits per heavy atom. The van der Waals surface area contributed by atoms with E-state index in [9.17, 15) is 9.59 Å². The van der Waals surface area contributed by atoms with Crippen molar-refractivity contribution in [3.63, 3.8) is 0 Å². The molecule has 1 amide bonds. The summed E-state index contributed by atoms with van der Waals surface area (Å²) < 4.78 is 6.45. The van der Waals surface area contributed by atoms with Crippen LogP contribution in [-0.2, 0) is 15.3 Å². The number of esters is 1. The zero-order chi connectivity index (χ0) is 24.4. The Labute approximate surface area is 202 Å². The molecular formula is C24H26N6O3S. The lowest BCUT2D eigenvalue weighted by atomic mass is 9.95. The highest BCUT2D eigenvalue weighted by Crippen LogP contribution is 2.36. The Balaban J connectivity index is 1.60. The van der Waals surface area contributed by atoms with Gasteiger partial charge in [-0.2, -0.15) is 4.98 Å². The smallest absolute Gasteiger partial charge is 0.337 e. The van der Waals surface area contributed by atoms with E-state index in [4.69, 9.17) is 10.5 Å². The number of hydrogen-bond donors (Lipinski definition) is 2. The molecule has 34 heavy (non-hydrogen) atoms. The zero-order valence-electron chi connectivity index (χ0n) is 19.4. The maximum absolute atomic E-state index is 12.4. The number of thioether (sulfide) groups is 1. The maximum Gasteiger partial charge on any atom is 0.337 e. The van der Waals surface area contributed by atoms with Crippen molar-refractivity contribution in [3.05, 3.63) is 76.5 Å². The first-order valence-corrected chi connectivity index (χ1v) is 11.6. The largest absolute Gasteiger partial charge is 0.465 e. The van der Waals surface area contributed by atoms with E-state index >= 15 is 0 Å². The Kier molecular flexibility index (Phi) is 6.60. The summed E-state index contributed by atoms with van der Waals surface area (Å²) >= 11 is 1.46. The van der Waals surface area contributed by atoms with Crippen molar-refractivity contribution in [2.45, 2.75) is 23.9 Å². The number of carbonyl (C=O) groups excluding carboxylic acids is 2. The van der Waals surface area contributed by atoms with Gasteiger partial charge in [-0.1, -0.05) is 36.0 Å². The highest BCUT2D eigenvalue weighted by molar-refractivity contribution is 7.98. The molecule has 0 saturated heterocycles. The Morgan fingerprint density at radius 3 is 2.41 bits per heavy atom. The summed E-state index contributed by atoms with van der Waals surface area (Å²) in [6.45, 7) is 1.81. The molecule has 2 heterocycles. The van der Waals surface area contributed by atoms with E-state index in [1.165, 1.54) is 18.9 Å². The number of anilines is 2. The number of fused-ring (bicyclic) bond motifs is 1. The molecule has 0 aliphatic carbocycles. The molecule has 3 N–H and O–H groups in total. The first kappa shape index (κ1) is 23.4. The van der Waals surface area contributed by atoms with Crippen LogP contribution >= 0.6 is 11.8 Å². The standard InChI is InChI=1S/C24H26N6O3S/c1-14-19(21(25)31)20(16-9-11-18(12-10-16)29(2)3)30-23(26-14)27-24(28-30)34-13-15-5-7-17(8-6-15)22(32)33-4/h5-12,20H,13H2,1-4H3,(H2,25,31)(H,26,27,28). The lowest BCUT2D eigenvalue weighted by Crippen LogP contribution is -2.31. The van der Waals surface area contributed by atoms with Crippen LogP contribution in [0.2, 0.25) is 0 Å². The van der Waals surface area contributed by atoms with Gasteiger partial charge in [0.2, 0.25) is 17.0 Å². The second-order valence-electron chi connectivity index (χ2n) is 8.06. The van der Waals surface area contributed by atoms with Gasteiger partial charge >= 0.3 is 5.97 Å². The highest BCUT2D eigenvalue weighted by atomic mass is 32.2. The number of hydrogen-bond acceptors (Lipinski definition) is 8. The third-order valence-corrected chi connectivity index (χ3v) is 6.48. The molecule has 0 bridgehead atoms. The molecule has 0 radical (unpaired) electrons. The molecule has 1 unspecified atom stereocenters. The first-order valence-electron chi connectivity index (χ1n) is 10.6. The lowest BCUT2D eigenvalue weighted by molar-refractivity contribution is -0.115. The zero-order valence-corrected chi connectivity index (χ0v) is 20.2. The molecule has 1 aromatic heterocycles. The molecule has 1 aliphatic heterocycles. The van der Waals surface area contributed by atoms with Crippen LogP contribution in [0.3, 0.4) is 0 Å². The van der Waals surface area contributed by atoms with Gasteiger partial charge in [-0.05, 0) is 42.3 Å². The van der Waals surface area contributed by atoms with Gasteiger partial charge in [0, 0.05) is 31.2 Å². The maximum atomic E-state index is 12.4. The van der Waals surface area contributed by atoms with Crippen LogP contribution in [0.5, 0.6) is 0 Å². The number of aromatic nitrogens is 3. The van der Waals surface area contributed by atoms with Gasteiger partial charge in [0.1, 0.15) is 6.04 Å². The normalized spacial score (nSPS) is 14.9. The number of nitrogens with zero attached hydrogens (tertiary/aromatic N) is 4. The quantitative estimate of drug-likeness (QED) is 0.393. The second-order valence-corrected chi connectivity index (χ2v) is 9.00. The number of ether oxygens (including phenoxy) is 1. The van der Waals surface area contributed by atoms with Crippen LogP contribution in [0.15, 0.2) is 65.0 Å². The third kappa shape index (κ3) is 4.62. The fraction of sp³-hybridized carbons (Fsp3) is 0.250. The summed E-state index contributed by atoms with van der Waals surface area (Å²) in [4.78, 5) is 30.6. The molecule has 2 aromatic carbocycles. The fourth-order valence-corrected chi connectivity index (χ4v) is 4.56. The number of nitrogens with one attached hydrogen (secondary N) is 1. The molecule has 176 valence electrons. The van der Waals surface area contributed by atoms with Crippen molar-refractivity contribution in [3.8, 4) is 0 Å². The van der Waals surface area contributed by atoms with Gasteiger partial charge < -0.3 is 20.7 Å². The molecule has 0 spiro atoms. The van der Waals surface area contributed by atoms with E-state index in [0.29, 0.717) is 33.7 Å². The monoisotopic (exact) mass is 478 g/mol. The number of rotatable bonds is 7. The van der Waals surface area contributed by atoms with Gasteiger partial charge in [-0.15, -0.1) is 5.10 Å². The minimum atomic E-state index is -0.507. The summed E-state index contributed by atoms with van der Waals surface area (Å²) in [5.74, 6) is 0.286. The van der Waals surface area contributed by atoms with Crippen molar-refractivity contribution in [2.24, 2.45) is 5.73 Å². The molecule has 4 rings (SSSR count). The summed E-state index contributed by atoms with van der Waals surface area (Å²) in [7, 11) is 5.30. The number of amides is 1. The topological polar surface area (TPSA) is 115 Å². The first-order chi connectivity index (χ1) is 16.3. The van der Waals surface area contributed by atoms with Crippen molar-refractivity contribution in [2.75, 3.05) is 31.4 Å². The highest BCUT2D eigenvalue weighted by Gasteiger charge is 2.33. The van der Waals surface area contributed by atoms with Gasteiger partial charge in [-0.3, -0.25) is 4.79 Å². The van der Waals surface area contributed by atoms with E-state index < -0.39 is 11.9 Å². The number of nitrogens with two attached hydrogens (primary N) is 1. The summed E-state index contributed by atoms with van der Waals surface area (Å²) in [6.07, 6.45) is 0. The van der Waals surface area contributed by atoms with Gasteiger partial charge in [0.05, 0.1) is 18.2 Å². The number of primary amides is 1. The summed E-state index contributed by atoms with van der Waals surface area (Å²) in [5.41, 5.74) is 10.3. The molecule has 1 atom stereocenters. The van der Waals surface area contributed by atoms with Gasteiger partial charge in [-0.25, -0.2) is 9.48 Å². The SMILES string of the molecule is COC(=O)c1ccc(CSc2nc3n(n2)C(c2ccc(N(C)C)cc2)C(C(N)=O)=C(C)N3)cc1. The van der Waals surface area contributed by atoms with E-state index in [0.717, 1.165) is 16.8 Å². The van der Waals surface area contributed by atoms with Crippen LogP contribution in [0.4, 0.5) is 11.6 Å². The second kappa shape index (κ2) is 9.60. The number of allylic oxidation sites excluding steroid dienone is 1. The van der Waals surface area contributed by atoms with Gasteiger partial charge in [0.25, 0.3) is 0 Å². The Morgan fingerprint density at radius 1 is 1.15 bits per heavy atom. The molecule has 9 nitrogen and oxygen atoms in total. The summed E-state index contributed by atoms with van der Waals surface area (Å²) in [5, 5.41) is 8.41. The van der Waals surface area contributed by atoms with E-state index in [1.54, 1.807) is 16.8 Å². The van der Waals surface area contributed by atoms with Crippen molar-refractivity contribution >= 4 is 35.3 Å². The molecule has 1 aliphatic rings. The van der Waals surface area contributed by atoms with Crippen molar-refractivity contribution in [1.29, 1.82) is 0 Å². The van der Waals surface area contributed by atoms with Crippen LogP contribution in [0.25, 0.3) is 0 Å². The molecule has 3 aromatic rings. The van der Waals surface area contributed by atoms with Crippen molar-refractivity contribution in [1.82, 2.24) is 14.8 Å². The fourth-order valence-electron chi connectivity index (χ4n) is 3.78. The van der Waals surface area contributed by atoms with E-state index in [1.807, 2.05) is 62.3 Å². The number of benzene rings is 2. The molecule has 10 heteroatoms. The van der Waals surface area contributed by atoms with E-state index in [-0.39, 0.29) is 5.97 Å². The van der Waals surface area contributed by atoms with Gasteiger partial charge in [0.15, 0.2) is 0 Å². The van der Waals surface area contributed by atoms with Crippen LogP contribution in [0.1, 0.15) is 34.5 Å². The molecule has 0 saturated carbocycles. The number of carbonyl (C=O) groups is 2. The Hall–Kier alpha value is -3.79. The van der Waals surface area contributed by atoms with Crippen LogP contribution in [-0.4, -0.2) is 47.8 Å². The van der Waals surface area contributed by atoms with Crippen LogP contribution < -0.4 is 16.0 Å². The minimum Gasteiger partial charge on any atom is -0.465 e. The van der Waals surface area contributed by atoms with Crippen LogP contribution in [0, 0.1) is 0 Å². The average Bonchev–Trinajstić information content (AvgIpc) is 3.23. The lowest BCUT2D eigenvalue weighted by Gasteiger charge is -2.28. The van der Waals surface area contributed by atoms with E-state index in [2.05, 4.69) is 15.4 Å². The molecule has 0 fully saturated rings. The third-order valence-electron chi connectivity index (χ3n) is 5.57. The predicted octanol–water partition coefficient (Wildman–Crippen LogP) is 3.20. The molecular weight excluding hydrogens is 452 g/mol. The Bertz CT molecular complexity index is 1250. The number of methoxy groups -OCH3 is 1. The average molecular weight is 479 g/mol. The predicted molar refractivity (Wildman–Crippen MR) is 132 cm³/mol. The van der Waals surface area contributed by atoms with Crippen molar-refractivity contribution < 1.29 is 14.3 Å². The minimum absolute atomic E-state index is 0.369.